The Morgan fingerprint density at radius 1 is 1.19 bits per heavy atom. The third kappa shape index (κ3) is 6.24. The topological polar surface area (TPSA) is 86.2 Å². The van der Waals surface area contributed by atoms with Crippen LogP contribution < -0.4 is 14.8 Å². The predicted octanol–water partition coefficient (Wildman–Crippen LogP) is 4.71. The van der Waals surface area contributed by atoms with E-state index >= 15 is 0 Å². The lowest BCUT2D eigenvalue weighted by molar-refractivity contribution is -0.145. The van der Waals surface area contributed by atoms with Crippen molar-refractivity contribution in [2.45, 2.75) is 13.8 Å². The van der Waals surface area contributed by atoms with Gasteiger partial charge in [0.2, 0.25) is 0 Å². The van der Waals surface area contributed by atoms with Gasteiger partial charge in [-0.1, -0.05) is 11.6 Å². The Kier molecular flexibility index (Phi) is 8.13. The van der Waals surface area contributed by atoms with Crippen LogP contribution in [0.1, 0.15) is 19.4 Å². The average Bonchev–Trinajstić information content (AvgIpc) is 3.08. The van der Waals surface area contributed by atoms with Crippen LogP contribution in [0.5, 0.6) is 11.5 Å². The molecule has 1 amide bonds. The van der Waals surface area contributed by atoms with Crippen molar-refractivity contribution in [3.05, 3.63) is 57.7 Å². The molecule has 0 aliphatic carbocycles. The van der Waals surface area contributed by atoms with E-state index in [0.29, 0.717) is 33.7 Å². The molecule has 0 saturated carbocycles. The van der Waals surface area contributed by atoms with Crippen molar-refractivity contribution in [2.24, 2.45) is 4.99 Å². The Bertz CT molecular complexity index is 1070. The minimum Gasteiger partial charge on any atom is -0.490 e. The first kappa shape index (κ1) is 23.6. The van der Waals surface area contributed by atoms with E-state index in [1.165, 1.54) is 24.3 Å². The van der Waals surface area contributed by atoms with Gasteiger partial charge >= 0.3 is 5.97 Å². The number of hydrogen-bond donors (Lipinski definition) is 1. The van der Waals surface area contributed by atoms with Gasteiger partial charge in [0.05, 0.1) is 28.8 Å². The van der Waals surface area contributed by atoms with Gasteiger partial charge in [0.15, 0.2) is 23.3 Å². The van der Waals surface area contributed by atoms with Gasteiger partial charge in [-0.3, -0.25) is 4.79 Å². The fourth-order valence-electron chi connectivity index (χ4n) is 2.67. The van der Waals surface area contributed by atoms with Crippen LogP contribution in [-0.2, 0) is 14.3 Å². The van der Waals surface area contributed by atoms with Crippen LogP contribution in [0.15, 0.2) is 46.3 Å². The molecule has 32 heavy (non-hydrogen) atoms. The summed E-state index contributed by atoms with van der Waals surface area (Å²) in [6.07, 6.45) is 1.64. The second-order valence-corrected chi connectivity index (χ2v) is 7.75. The van der Waals surface area contributed by atoms with E-state index in [1.54, 1.807) is 32.1 Å². The molecule has 1 saturated heterocycles. The van der Waals surface area contributed by atoms with Gasteiger partial charge in [0.25, 0.3) is 5.91 Å². The zero-order valence-electron chi connectivity index (χ0n) is 17.3. The van der Waals surface area contributed by atoms with Crippen LogP contribution in [-0.4, -0.2) is 36.9 Å². The van der Waals surface area contributed by atoms with Crippen LogP contribution >= 0.6 is 23.4 Å². The smallest absolute Gasteiger partial charge is 0.344 e. The molecule has 1 N–H and O–H groups in total. The van der Waals surface area contributed by atoms with Gasteiger partial charge in [-0.15, -0.1) is 0 Å². The molecule has 0 unspecified atom stereocenters. The van der Waals surface area contributed by atoms with Gasteiger partial charge in [0.1, 0.15) is 5.82 Å². The Morgan fingerprint density at radius 2 is 1.94 bits per heavy atom. The quantitative estimate of drug-likeness (QED) is 0.437. The molecule has 2 aromatic carbocycles. The molecule has 3 rings (SSSR count). The van der Waals surface area contributed by atoms with Crippen molar-refractivity contribution in [3.63, 3.8) is 0 Å². The molecule has 7 nitrogen and oxygen atoms in total. The van der Waals surface area contributed by atoms with Gasteiger partial charge in [0, 0.05) is 0 Å². The van der Waals surface area contributed by atoms with Crippen molar-refractivity contribution in [2.75, 3.05) is 19.8 Å². The van der Waals surface area contributed by atoms with Crippen LogP contribution in [0, 0.1) is 5.82 Å². The summed E-state index contributed by atoms with van der Waals surface area (Å²) in [4.78, 5) is 28.6. The summed E-state index contributed by atoms with van der Waals surface area (Å²) in [5, 5.41) is 3.26. The van der Waals surface area contributed by atoms with E-state index in [4.69, 9.17) is 25.8 Å². The Balaban J connectivity index is 1.81. The number of nitrogens with zero attached hydrogens (tertiary/aromatic N) is 1. The number of amidine groups is 1. The molecule has 168 valence electrons. The lowest BCUT2D eigenvalue weighted by Crippen LogP contribution is -2.19. The van der Waals surface area contributed by atoms with E-state index in [1.807, 2.05) is 0 Å². The number of halogens is 2. The third-order valence-electron chi connectivity index (χ3n) is 3.98. The van der Waals surface area contributed by atoms with Crippen molar-refractivity contribution >= 4 is 52.2 Å². The number of thioether (sulfide) groups is 1. The van der Waals surface area contributed by atoms with E-state index < -0.39 is 5.97 Å². The SMILES string of the molecule is CCOC(=O)COc1c(Cl)cc(/C=C2\SC(=Nc3ccc(F)cc3)NC2=O)cc1OCC. The summed E-state index contributed by atoms with van der Waals surface area (Å²) in [6, 6.07) is 8.87. The van der Waals surface area contributed by atoms with Gasteiger partial charge in [-0.25, -0.2) is 14.2 Å². The lowest BCUT2D eigenvalue weighted by atomic mass is 10.2. The van der Waals surface area contributed by atoms with Crippen LogP contribution in [0.3, 0.4) is 0 Å². The van der Waals surface area contributed by atoms with Crippen LogP contribution in [0.4, 0.5) is 10.1 Å². The Hall–Kier alpha value is -3.04. The number of rotatable bonds is 8. The summed E-state index contributed by atoms with van der Waals surface area (Å²) in [7, 11) is 0. The monoisotopic (exact) mass is 478 g/mol. The number of benzene rings is 2. The highest BCUT2D eigenvalue weighted by Gasteiger charge is 2.24. The maximum absolute atomic E-state index is 13.1. The number of ether oxygens (including phenoxy) is 3. The fourth-order valence-corrected chi connectivity index (χ4v) is 3.79. The molecule has 1 aliphatic rings. The first-order valence-corrected chi connectivity index (χ1v) is 10.9. The van der Waals surface area contributed by atoms with Gasteiger partial charge in [-0.05, 0) is 73.6 Å². The van der Waals surface area contributed by atoms with E-state index in [2.05, 4.69) is 10.3 Å². The average molecular weight is 479 g/mol. The lowest BCUT2D eigenvalue weighted by Gasteiger charge is -2.14. The molecular formula is C22H20ClFN2O5S. The van der Waals surface area contributed by atoms with Crippen LogP contribution in [0.2, 0.25) is 5.02 Å². The number of esters is 1. The van der Waals surface area contributed by atoms with E-state index in [9.17, 15) is 14.0 Å². The second kappa shape index (κ2) is 11.0. The Morgan fingerprint density at radius 3 is 2.62 bits per heavy atom. The van der Waals surface area contributed by atoms with Gasteiger partial charge in [-0.2, -0.15) is 0 Å². The summed E-state index contributed by atoms with van der Waals surface area (Å²) >= 11 is 7.50. The number of carbonyl (C=O) groups excluding carboxylic acids is 2. The number of amides is 1. The fraction of sp³-hybridized carbons (Fsp3) is 0.227. The molecule has 0 radical (unpaired) electrons. The normalized spacial score (nSPS) is 15.7. The molecule has 0 aromatic heterocycles. The minimum atomic E-state index is -0.524. The maximum Gasteiger partial charge on any atom is 0.344 e. The molecule has 0 atom stereocenters. The molecule has 1 heterocycles. The van der Waals surface area contributed by atoms with Crippen molar-refractivity contribution in [3.8, 4) is 11.5 Å². The number of carbonyl (C=O) groups is 2. The molecule has 10 heteroatoms. The molecule has 0 bridgehead atoms. The summed E-state index contributed by atoms with van der Waals surface area (Å²) < 4.78 is 29.0. The molecule has 2 aromatic rings. The molecule has 0 spiro atoms. The second-order valence-electron chi connectivity index (χ2n) is 6.31. The number of aliphatic imine (C=N–C) groups is 1. The Labute approximate surface area is 193 Å². The number of nitrogens with one attached hydrogen (secondary N) is 1. The van der Waals surface area contributed by atoms with E-state index in [0.717, 1.165) is 11.8 Å². The summed E-state index contributed by atoms with van der Waals surface area (Å²) in [5.74, 6) is -0.670. The number of hydrogen-bond acceptors (Lipinski definition) is 7. The molecule has 1 aliphatic heterocycles. The minimum absolute atomic E-state index is 0.214. The summed E-state index contributed by atoms with van der Waals surface area (Å²) in [6.45, 7) is 3.77. The van der Waals surface area contributed by atoms with Gasteiger partial charge < -0.3 is 19.5 Å². The highest BCUT2D eigenvalue weighted by molar-refractivity contribution is 8.18. The predicted molar refractivity (Wildman–Crippen MR) is 122 cm³/mol. The standard InChI is InChI=1S/C22H20ClFN2O5S/c1-3-29-17-10-13(9-16(23)20(17)31-12-19(27)30-4-2)11-18-21(28)26-22(32-18)25-15-7-5-14(24)6-8-15/h5-11H,3-4,12H2,1-2H3,(H,25,26,28)/b18-11-. The zero-order chi connectivity index (χ0) is 23.1. The van der Waals surface area contributed by atoms with Crippen molar-refractivity contribution < 1.29 is 28.2 Å². The summed E-state index contributed by atoms with van der Waals surface area (Å²) in [5.41, 5.74) is 1.11. The first-order chi connectivity index (χ1) is 15.4. The van der Waals surface area contributed by atoms with Crippen LogP contribution in [0.25, 0.3) is 6.08 Å². The van der Waals surface area contributed by atoms with E-state index in [-0.39, 0.29) is 35.7 Å². The maximum atomic E-state index is 13.1. The third-order valence-corrected chi connectivity index (χ3v) is 5.17. The highest BCUT2D eigenvalue weighted by atomic mass is 35.5. The molecular weight excluding hydrogens is 459 g/mol. The first-order valence-electron chi connectivity index (χ1n) is 9.69. The van der Waals surface area contributed by atoms with Crippen molar-refractivity contribution in [1.82, 2.24) is 5.32 Å². The molecule has 1 fully saturated rings. The highest BCUT2D eigenvalue weighted by Crippen LogP contribution is 2.38. The largest absolute Gasteiger partial charge is 0.490 e. The van der Waals surface area contributed by atoms with Crippen molar-refractivity contribution in [1.29, 1.82) is 0 Å². The zero-order valence-corrected chi connectivity index (χ0v) is 18.9.